The maximum Gasteiger partial charge on any atom is 0.0856 e. The van der Waals surface area contributed by atoms with E-state index < -0.39 is 0 Å². The molecule has 1 aromatic carbocycles. The van der Waals surface area contributed by atoms with Crippen LogP contribution in [-0.2, 0) is 6.54 Å². The van der Waals surface area contributed by atoms with Crippen molar-refractivity contribution < 1.29 is 0 Å². The third-order valence-electron chi connectivity index (χ3n) is 2.03. The molecule has 0 saturated heterocycles. The summed E-state index contributed by atoms with van der Waals surface area (Å²) in [5.74, 6) is 0. The molecule has 2 aromatic rings. The molecule has 2 nitrogen and oxygen atoms in total. The van der Waals surface area contributed by atoms with Crippen LogP contribution in [0.25, 0.3) is 11.3 Å². The summed E-state index contributed by atoms with van der Waals surface area (Å²) in [6.45, 7) is 0.884. The minimum atomic E-state index is 0.884. The van der Waals surface area contributed by atoms with E-state index in [-0.39, 0.29) is 0 Å². The summed E-state index contributed by atoms with van der Waals surface area (Å²) in [7, 11) is 1.95. The van der Waals surface area contributed by atoms with E-state index >= 15 is 0 Å². The second kappa shape index (κ2) is 4.35. The molecule has 0 radical (unpaired) electrons. The first-order valence-electron chi connectivity index (χ1n) is 4.54. The Morgan fingerprint density at radius 3 is 2.79 bits per heavy atom. The lowest BCUT2D eigenvalue weighted by Crippen LogP contribution is -2.04. The van der Waals surface area contributed by atoms with Gasteiger partial charge in [0.1, 0.15) is 0 Å². The molecule has 0 aliphatic rings. The maximum atomic E-state index is 4.38. The van der Waals surface area contributed by atoms with Gasteiger partial charge >= 0.3 is 0 Å². The molecule has 14 heavy (non-hydrogen) atoms. The highest BCUT2D eigenvalue weighted by Crippen LogP contribution is 2.24. The molecule has 0 spiro atoms. The zero-order valence-corrected chi connectivity index (χ0v) is 8.84. The summed E-state index contributed by atoms with van der Waals surface area (Å²) in [6.07, 6.45) is 0. The van der Waals surface area contributed by atoms with Crippen molar-refractivity contribution in [1.82, 2.24) is 10.3 Å². The molecule has 0 unspecified atom stereocenters. The van der Waals surface area contributed by atoms with Crippen molar-refractivity contribution in [2.45, 2.75) is 6.54 Å². The Morgan fingerprint density at radius 2 is 2.07 bits per heavy atom. The first-order chi connectivity index (χ1) is 6.92. The van der Waals surface area contributed by atoms with Crippen molar-refractivity contribution >= 4 is 11.3 Å². The van der Waals surface area contributed by atoms with E-state index in [4.69, 9.17) is 0 Å². The number of benzene rings is 1. The van der Waals surface area contributed by atoms with Crippen LogP contribution in [0.2, 0.25) is 0 Å². The number of hydrogen-bond donors (Lipinski definition) is 1. The maximum absolute atomic E-state index is 4.38. The minimum absolute atomic E-state index is 0.884. The van der Waals surface area contributed by atoms with Crippen LogP contribution in [0.4, 0.5) is 0 Å². The number of hydrogen-bond acceptors (Lipinski definition) is 3. The molecular weight excluding hydrogens is 192 g/mol. The fourth-order valence-electron chi connectivity index (χ4n) is 1.39. The highest BCUT2D eigenvalue weighted by atomic mass is 32.1. The van der Waals surface area contributed by atoms with Gasteiger partial charge in [0, 0.05) is 17.0 Å². The molecule has 1 N–H and O–H groups in total. The number of rotatable bonds is 3. The highest BCUT2D eigenvalue weighted by molar-refractivity contribution is 7.10. The Kier molecular flexibility index (Phi) is 2.91. The topological polar surface area (TPSA) is 24.9 Å². The van der Waals surface area contributed by atoms with Gasteiger partial charge in [0.15, 0.2) is 0 Å². The van der Waals surface area contributed by atoms with Gasteiger partial charge in [-0.3, -0.25) is 0 Å². The van der Waals surface area contributed by atoms with Crippen molar-refractivity contribution in [3.8, 4) is 11.3 Å². The van der Waals surface area contributed by atoms with Gasteiger partial charge in [0.05, 0.1) is 11.2 Å². The van der Waals surface area contributed by atoms with E-state index in [2.05, 4.69) is 22.4 Å². The Morgan fingerprint density at radius 1 is 1.29 bits per heavy atom. The summed E-state index contributed by atoms with van der Waals surface area (Å²) >= 11 is 1.70. The third-order valence-corrected chi connectivity index (χ3v) is 2.86. The molecule has 72 valence electrons. The molecule has 0 aliphatic heterocycles. The average Bonchev–Trinajstić information content (AvgIpc) is 2.68. The van der Waals surface area contributed by atoms with Gasteiger partial charge in [-0.05, 0) is 7.05 Å². The molecular formula is C11H12N2S. The van der Waals surface area contributed by atoms with Crippen LogP contribution in [0, 0.1) is 0 Å². The van der Waals surface area contributed by atoms with Crippen LogP contribution in [0.5, 0.6) is 0 Å². The third kappa shape index (κ3) is 1.84. The minimum Gasteiger partial charge on any atom is -0.315 e. The van der Waals surface area contributed by atoms with Gasteiger partial charge < -0.3 is 5.32 Å². The molecule has 3 heteroatoms. The first kappa shape index (κ1) is 9.37. The average molecular weight is 204 g/mol. The van der Waals surface area contributed by atoms with Crippen molar-refractivity contribution in [1.29, 1.82) is 0 Å². The quantitative estimate of drug-likeness (QED) is 0.831. The molecule has 1 heterocycles. The predicted octanol–water partition coefficient (Wildman–Crippen LogP) is 2.53. The molecule has 0 amide bonds. The fraction of sp³-hybridized carbons (Fsp3) is 0.182. The molecule has 0 atom stereocenters. The second-order valence-electron chi connectivity index (χ2n) is 3.02. The lowest BCUT2D eigenvalue weighted by Gasteiger charge is -2.00. The second-order valence-corrected chi connectivity index (χ2v) is 3.96. The number of nitrogens with one attached hydrogen (secondary N) is 1. The van der Waals surface area contributed by atoms with Gasteiger partial charge in [-0.1, -0.05) is 30.3 Å². The summed E-state index contributed by atoms with van der Waals surface area (Å²) in [5.41, 5.74) is 4.19. The Labute approximate surface area is 87.6 Å². The summed E-state index contributed by atoms with van der Waals surface area (Å²) in [4.78, 5) is 5.67. The van der Waals surface area contributed by atoms with Crippen LogP contribution in [0.1, 0.15) is 4.88 Å². The molecule has 2 rings (SSSR count). The van der Waals surface area contributed by atoms with Crippen molar-refractivity contribution in [3.63, 3.8) is 0 Å². The van der Waals surface area contributed by atoms with E-state index in [1.807, 2.05) is 30.8 Å². The molecule has 0 aliphatic carbocycles. The zero-order valence-electron chi connectivity index (χ0n) is 8.03. The van der Waals surface area contributed by atoms with Crippen molar-refractivity contribution in [3.05, 3.63) is 40.7 Å². The molecule has 0 fully saturated rings. The van der Waals surface area contributed by atoms with Gasteiger partial charge in [0.25, 0.3) is 0 Å². The van der Waals surface area contributed by atoms with E-state index in [1.165, 1.54) is 10.4 Å². The van der Waals surface area contributed by atoms with E-state index in [0.29, 0.717) is 0 Å². The summed E-state index contributed by atoms with van der Waals surface area (Å²) < 4.78 is 0. The monoisotopic (exact) mass is 204 g/mol. The summed E-state index contributed by atoms with van der Waals surface area (Å²) in [6, 6.07) is 10.3. The largest absolute Gasteiger partial charge is 0.315 e. The van der Waals surface area contributed by atoms with E-state index in [1.54, 1.807) is 11.3 Å². The standard InChI is InChI=1S/C11H12N2S/c1-12-7-10-11(13-8-14-10)9-5-3-2-4-6-9/h2-6,8,12H,7H2,1H3. The Balaban J connectivity index is 2.37. The van der Waals surface area contributed by atoms with Gasteiger partial charge in [-0.2, -0.15) is 0 Å². The van der Waals surface area contributed by atoms with Crippen LogP contribution >= 0.6 is 11.3 Å². The lowest BCUT2D eigenvalue weighted by molar-refractivity contribution is 0.831. The Bertz CT molecular complexity index is 395. The van der Waals surface area contributed by atoms with Crippen LogP contribution in [-0.4, -0.2) is 12.0 Å². The first-order valence-corrected chi connectivity index (χ1v) is 5.42. The van der Waals surface area contributed by atoms with E-state index in [9.17, 15) is 0 Å². The van der Waals surface area contributed by atoms with Crippen LogP contribution in [0.15, 0.2) is 35.8 Å². The number of aromatic nitrogens is 1. The van der Waals surface area contributed by atoms with E-state index in [0.717, 1.165) is 12.2 Å². The molecule has 0 saturated carbocycles. The van der Waals surface area contributed by atoms with Crippen LogP contribution < -0.4 is 5.32 Å². The Hall–Kier alpha value is -1.19. The fourth-order valence-corrected chi connectivity index (χ4v) is 2.18. The number of nitrogens with zero attached hydrogens (tertiary/aromatic N) is 1. The van der Waals surface area contributed by atoms with Crippen molar-refractivity contribution in [2.75, 3.05) is 7.05 Å². The predicted molar refractivity (Wildman–Crippen MR) is 60.3 cm³/mol. The van der Waals surface area contributed by atoms with Crippen LogP contribution in [0.3, 0.4) is 0 Å². The molecule has 0 bridgehead atoms. The summed E-state index contributed by atoms with van der Waals surface area (Å²) in [5, 5.41) is 3.15. The van der Waals surface area contributed by atoms with Gasteiger partial charge in [-0.15, -0.1) is 11.3 Å². The lowest BCUT2D eigenvalue weighted by atomic mass is 10.1. The number of thiazole rings is 1. The molecule has 1 aromatic heterocycles. The van der Waals surface area contributed by atoms with Crippen molar-refractivity contribution in [2.24, 2.45) is 0 Å². The van der Waals surface area contributed by atoms with Gasteiger partial charge in [0.2, 0.25) is 0 Å². The SMILES string of the molecule is CNCc1scnc1-c1ccccc1. The zero-order chi connectivity index (χ0) is 9.80. The highest BCUT2D eigenvalue weighted by Gasteiger charge is 2.06. The smallest absolute Gasteiger partial charge is 0.0856 e. The van der Waals surface area contributed by atoms with Gasteiger partial charge in [-0.25, -0.2) is 4.98 Å². The normalized spacial score (nSPS) is 10.4.